The van der Waals surface area contributed by atoms with Crippen molar-refractivity contribution in [3.05, 3.63) is 50.8 Å². The van der Waals surface area contributed by atoms with Crippen LogP contribution >= 0.6 is 80.9 Å². The van der Waals surface area contributed by atoms with Gasteiger partial charge in [0.05, 0.1) is 29.0 Å². The van der Waals surface area contributed by atoms with Crippen LogP contribution in [0.5, 0.6) is 0 Å². The Balaban J connectivity index is 1.84. The van der Waals surface area contributed by atoms with E-state index in [0.717, 1.165) is 16.9 Å². The lowest BCUT2D eigenvalue weighted by molar-refractivity contribution is -0.146. The van der Waals surface area contributed by atoms with E-state index in [4.69, 9.17) is 74.3 Å². The second-order valence-corrected chi connectivity index (χ2v) is 12.5. The maximum atomic E-state index is 13.6. The normalized spacial score (nSPS) is 28.8. The van der Waals surface area contributed by atoms with Gasteiger partial charge in [-0.25, -0.2) is 4.79 Å². The Kier molecular flexibility index (Phi) is 6.89. The number of thiophene rings is 1. The van der Waals surface area contributed by atoms with E-state index >= 15 is 0 Å². The largest absolute Gasteiger partial charge is 0.481 e. The fourth-order valence-corrected chi connectivity index (χ4v) is 8.70. The number of aryl methyl sites for hydroxylation is 1. The summed E-state index contributed by atoms with van der Waals surface area (Å²) in [6.07, 6.45) is 0. The van der Waals surface area contributed by atoms with Crippen molar-refractivity contribution in [3.63, 3.8) is 0 Å². The van der Waals surface area contributed by atoms with E-state index in [1.807, 2.05) is 6.07 Å². The molecule has 0 radical (unpaired) electrons. The van der Waals surface area contributed by atoms with Crippen LogP contribution in [0.15, 0.2) is 40.4 Å². The number of hydrogen-bond donors (Lipinski definition) is 2. The Morgan fingerprint density at radius 3 is 2.06 bits per heavy atom. The molecule has 1 saturated carbocycles. The highest BCUT2D eigenvalue weighted by atomic mass is 35.5. The molecule has 35 heavy (non-hydrogen) atoms. The molecule has 13 heteroatoms. The molecule has 1 aromatic carbocycles. The van der Waals surface area contributed by atoms with Crippen molar-refractivity contribution in [1.29, 1.82) is 0 Å². The molecule has 0 spiro atoms. The molecule has 1 fully saturated rings. The zero-order valence-electron chi connectivity index (χ0n) is 17.8. The molecule has 0 saturated heterocycles. The standard InChI is InChI=1S/C22H15Cl6NO5S/c1-8-10(9-6-4-3-5-7-9)11(19(33)34-2)17(35-8)29-16(30)12-13(18(31)32)21(26)15(24)14(23)20(12,25)22(21,27)28/h3-7,12-13H,1-2H3,(H,29,30)(H,31,32)/t12-,13-,20-,21-/m0/s1. The third-order valence-corrected chi connectivity index (χ3v) is 11.5. The number of anilines is 1. The van der Waals surface area contributed by atoms with Crippen LogP contribution < -0.4 is 5.32 Å². The van der Waals surface area contributed by atoms with Gasteiger partial charge in [0.2, 0.25) is 5.91 Å². The number of benzene rings is 1. The highest BCUT2D eigenvalue weighted by Crippen LogP contribution is 2.76. The monoisotopic (exact) mass is 615 g/mol. The first-order chi connectivity index (χ1) is 16.3. The molecule has 2 aromatic rings. The number of carboxylic acids is 1. The summed E-state index contributed by atoms with van der Waals surface area (Å²) < 4.78 is 2.71. The lowest BCUT2D eigenvalue weighted by atomic mass is 9.81. The van der Waals surface area contributed by atoms with Gasteiger partial charge >= 0.3 is 11.9 Å². The zero-order valence-corrected chi connectivity index (χ0v) is 23.1. The molecule has 2 N–H and O–H groups in total. The Morgan fingerprint density at radius 1 is 1.00 bits per heavy atom. The molecule has 2 aliphatic carbocycles. The predicted molar refractivity (Wildman–Crippen MR) is 139 cm³/mol. The summed E-state index contributed by atoms with van der Waals surface area (Å²) >= 11 is 39.9. The van der Waals surface area contributed by atoms with Crippen LogP contribution in [-0.2, 0) is 14.3 Å². The van der Waals surface area contributed by atoms with E-state index in [0.29, 0.717) is 10.4 Å². The highest BCUT2D eigenvalue weighted by Gasteiger charge is 2.85. The van der Waals surface area contributed by atoms with Crippen molar-refractivity contribution in [1.82, 2.24) is 0 Å². The van der Waals surface area contributed by atoms with Gasteiger partial charge in [-0.3, -0.25) is 9.59 Å². The van der Waals surface area contributed by atoms with E-state index < -0.39 is 43.8 Å². The number of carbonyl (C=O) groups is 3. The van der Waals surface area contributed by atoms with Gasteiger partial charge in [-0.15, -0.1) is 34.5 Å². The number of carbonyl (C=O) groups excluding carboxylic acids is 2. The topological polar surface area (TPSA) is 92.7 Å². The molecule has 0 aliphatic heterocycles. The summed E-state index contributed by atoms with van der Waals surface area (Å²) in [6, 6.07) is 9.02. The minimum Gasteiger partial charge on any atom is -0.481 e. The van der Waals surface area contributed by atoms with Gasteiger partial charge in [0.15, 0.2) is 4.33 Å². The van der Waals surface area contributed by atoms with Crippen molar-refractivity contribution in [2.45, 2.75) is 21.0 Å². The number of nitrogens with one attached hydrogen (secondary N) is 1. The number of aliphatic carboxylic acids is 1. The second-order valence-electron chi connectivity index (χ2n) is 8.00. The van der Waals surface area contributed by atoms with Crippen LogP contribution in [0.25, 0.3) is 11.1 Å². The number of halogens is 6. The molecule has 0 unspecified atom stereocenters. The maximum Gasteiger partial charge on any atom is 0.341 e. The highest BCUT2D eigenvalue weighted by molar-refractivity contribution is 7.17. The number of amides is 1. The van der Waals surface area contributed by atoms with Gasteiger partial charge in [0.25, 0.3) is 0 Å². The number of hydrogen-bond acceptors (Lipinski definition) is 5. The summed E-state index contributed by atoms with van der Waals surface area (Å²) in [6.45, 7) is 1.77. The molecular weight excluding hydrogens is 603 g/mol. The average molecular weight is 618 g/mol. The van der Waals surface area contributed by atoms with E-state index in [1.165, 1.54) is 7.11 Å². The lowest BCUT2D eigenvalue weighted by Gasteiger charge is -2.33. The van der Waals surface area contributed by atoms with Gasteiger partial charge in [-0.2, -0.15) is 0 Å². The molecule has 2 aliphatic rings. The Labute approximate surface area is 234 Å². The van der Waals surface area contributed by atoms with Crippen LogP contribution in [0.1, 0.15) is 15.2 Å². The summed E-state index contributed by atoms with van der Waals surface area (Å²) in [5.74, 6) is -6.49. The van der Waals surface area contributed by atoms with Crippen molar-refractivity contribution < 1.29 is 24.2 Å². The average Bonchev–Trinajstić information content (AvgIpc) is 3.24. The van der Waals surface area contributed by atoms with E-state index in [-0.39, 0.29) is 20.6 Å². The van der Waals surface area contributed by atoms with E-state index in [9.17, 15) is 19.5 Å². The van der Waals surface area contributed by atoms with Crippen LogP contribution in [0.3, 0.4) is 0 Å². The molecule has 4 atom stereocenters. The SMILES string of the molecule is COC(=O)c1c(NC(=O)[C@@H]2[C@@H](C(=O)O)[C@]3(Cl)C(Cl)=C(Cl)[C@]2(Cl)C3(Cl)Cl)sc(C)c1-c1ccccc1. The fourth-order valence-electron chi connectivity index (χ4n) is 4.70. The first kappa shape index (κ1) is 26.9. The molecule has 4 rings (SSSR count). The van der Waals surface area contributed by atoms with Gasteiger partial charge in [0.1, 0.15) is 20.3 Å². The smallest absolute Gasteiger partial charge is 0.341 e. The van der Waals surface area contributed by atoms with Crippen molar-refractivity contribution in [2.24, 2.45) is 11.8 Å². The molecule has 2 bridgehead atoms. The summed E-state index contributed by atoms with van der Waals surface area (Å²) in [5, 5.41) is 12.1. The summed E-state index contributed by atoms with van der Waals surface area (Å²) in [4.78, 5) is 35.0. The fraction of sp³-hybridized carbons (Fsp3) is 0.318. The zero-order chi connectivity index (χ0) is 26.1. The van der Waals surface area contributed by atoms with E-state index in [2.05, 4.69) is 5.32 Å². The molecule has 1 heterocycles. The summed E-state index contributed by atoms with van der Waals surface area (Å²) in [7, 11) is 1.21. The number of rotatable bonds is 5. The second kappa shape index (κ2) is 8.98. The number of alkyl halides is 4. The molecule has 6 nitrogen and oxygen atoms in total. The van der Waals surface area contributed by atoms with Crippen LogP contribution in [0.2, 0.25) is 0 Å². The third kappa shape index (κ3) is 3.46. The first-order valence-electron chi connectivity index (χ1n) is 9.89. The first-order valence-corrected chi connectivity index (χ1v) is 13.0. The maximum absolute atomic E-state index is 13.6. The Morgan fingerprint density at radius 2 is 1.54 bits per heavy atom. The van der Waals surface area contributed by atoms with Gasteiger partial charge in [-0.05, 0) is 12.5 Å². The molecule has 1 aromatic heterocycles. The quantitative estimate of drug-likeness (QED) is 0.291. The third-order valence-electron chi connectivity index (χ3n) is 6.26. The number of carboxylic acid groups (broad SMARTS) is 1. The minimum atomic E-state index is -2.24. The predicted octanol–water partition coefficient (Wildman–Crippen LogP) is 6.61. The number of ether oxygens (including phenoxy) is 1. The van der Waals surface area contributed by atoms with E-state index in [1.54, 1.807) is 31.2 Å². The van der Waals surface area contributed by atoms with Gasteiger partial charge in [-0.1, -0.05) is 76.7 Å². The molecule has 186 valence electrons. The van der Waals surface area contributed by atoms with Gasteiger partial charge in [0, 0.05) is 10.4 Å². The van der Waals surface area contributed by atoms with Crippen LogP contribution in [0.4, 0.5) is 5.00 Å². The summed E-state index contributed by atoms with van der Waals surface area (Å²) in [5.41, 5.74) is 1.37. The van der Waals surface area contributed by atoms with Crippen LogP contribution in [-0.4, -0.2) is 44.1 Å². The van der Waals surface area contributed by atoms with Crippen molar-refractivity contribution in [2.75, 3.05) is 12.4 Å². The number of fused-ring (bicyclic) bond motifs is 2. The van der Waals surface area contributed by atoms with Gasteiger partial charge < -0.3 is 15.2 Å². The van der Waals surface area contributed by atoms with Crippen molar-refractivity contribution >= 4 is 104 Å². The minimum absolute atomic E-state index is 0.0940. The lowest BCUT2D eigenvalue weighted by Crippen LogP contribution is -2.47. The molecular formula is C22H15Cl6NO5S. The number of allylic oxidation sites excluding steroid dienone is 2. The number of methoxy groups -OCH3 is 1. The Hall–Kier alpha value is -1.19. The van der Waals surface area contributed by atoms with Crippen LogP contribution in [0, 0.1) is 18.8 Å². The Bertz CT molecular complexity index is 1290. The number of esters is 1. The molecule has 1 amide bonds. The van der Waals surface area contributed by atoms with Crippen molar-refractivity contribution in [3.8, 4) is 11.1 Å².